The summed E-state index contributed by atoms with van der Waals surface area (Å²) < 4.78 is 0. The molecule has 0 radical (unpaired) electrons. The van der Waals surface area contributed by atoms with Crippen LogP contribution in [0.4, 0.5) is 22.9 Å². The van der Waals surface area contributed by atoms with Gasteiger partial charge in [-0.3, -0.25) is 4.79 Å². The summed E-state index contributed by atoms with van der Waals surface area (Å²) in [7, 11) is 0. The molecule has 0 saturated carbocycles. The molecule has 0 bridgehead atoms. The number of aryl methyl sites for hydroxylation is 2. The van der Waals surface area contributed by atoms with Crippen molar-refractivity contribution >= 4 is 28.8 Å². The number of carbonyl (C=O) groups excluding carboxylic acids is 1. The molecule has 1 heterocycles. The van der Waals surface area contributed by atoms with Gasteiger partial charge in [0.05, 0.1) is 11.9 Å². The van der Waals surface area contributed by atoms with Gasteiger partial charge in [-0.25, -0.2) is 4.98 Å². The van der Waals surface area contributed by atoms with Gasteiger partial charge in [0.1, 0.15) is 5.82 Å². The SMILES string of the molecule is CCN(CC)c1ccc(Nc2ccc(NC(=O)c3cccc(C)c3)cn2)c(C)c1. The fourth-order valence-corrected chi connectivity index (χ4v) is 3.24. The van der Waals surface area contributed by atoms with E-state index in [1.165, 1.54) is 5.69 Å². The third kappa shape index (κ3) is 5.13. The van der Waals surface area contributed by atoms with E-state index in [0.29, 0.717) is 11.3 Å². The summed E-state index contributed by atoms with van der Waals surface area (Å²) in [5, 5.41) is 6.24. The number of nitrogens with zero attached hydrogens (tertiary/aromatic N) is 2. The minimum Gasteiger partial charge on any atom is -0.372 e. The molecule has 0 aliphatic heterocycles. The summed E-state index contributed by atoms with van der Waals surface area (Å²) in [6.07, 6.45) is 1.66. The van der Waals surface area contributed by atoms with Crippen LogP contribution in [0.25, 0.3) is 0 Å². The van der Waals surface area contributed by atoms with Crippen LogP contribution >= 0.6 is 0 Å². The lowest BCUT2D eigenvalue weighted by Gasteiger charge is -2.22. The molecule has 0 spiro atoms. The molecule has 0 atom stereocenters. The van der Waals surface area contributed by atoms with E-state index in [9.17, 15) is 4.79 Å². The standard InChI is InChI=1S/C24H28N4O/c1-5-28(6-2)21-11-12-22(18(4)15-21)27-23-13-10-20(16-25-23)26-24(29)19-9-7-8-17(3)14-19/h7-16H,5-6H2,1-4H3,(H,25,27)(H,26,29). The van der Waals surface area contributed by atoms with Gasteiger partial charge in [-0.1, -0.05) is 17.7 Å². The van der Waals surface area contributed by atoms with Crippen LogP contribution in [0.5, 0.6) is 0 Å². The molecular weight excluding hydrogens is 360 g/mol. The second-order valence-corrected chi connectivity index (χ2v) is 7.05. The van der Waals surface area contributed by atoms with E-state index in [0.717, 1.165) is 35.7 Å². The van der Waals surface area contributed by atoms with Crippen LogP contribution in [0.15, 0.2) is 60.8 Å². The van der Waals surface area contributed by atoms with E-state index >= 15 is 0 Å². The second-order valence-electron chi connectivity index (χ2n) is 7.05. The molecule has 1 amide bonds. The maximum absolute atomic E-state index is 12.4. The maximum atomic E-state index is 12.4. The Bertz CT molecular complexity index is 978. The molecule has 0 aliphatic rings. The Kier molecular flexibility index (Phi) is 6.50. The molecule has 0 unspecified atom stereocenters. The van der Waals surface area contributed by atoms with Crippen molar-refractivity contribution < 1.29 is 4.79 Å². The van der Waals surface area contributed by atoms with Gasteiger partial charge in [0.25, 0.3) is 5.91 Å². The second kappa shape index (κ2) is 9.24. The Balaban J connectivity index is 1.67. The van der Waals surface area contributed by atoms with Gasteiger partial charge in [-0.2, -0.15) is 0 Å². The third-order valence-electron chi connectivity index (χ3n) is 4.90. The van der Waals surface area contributed by atoms with Gasteiger partial charge in [0, 0.05) is 30.0 Å². The average molecular weight is 389 g/mol. The first-order chi connectivity index (χ1) is 14.0. The van der Waals surface area contributed by atoms with Crippen molar-refractivity contribution in [3.05, 3.63) is 77.5 Å². The molecule has 5 nitrogen and oxygen atoms in total. The highest BCUT2D eigenvalue weighted by Gasteiger charge is 2.08. The monoisotopic (exact) mass is 388 g/mol. The van der Waals surface area contributed by atoms with E-state index in [1.54, 1.807) is 12.3 Å². The van der Waals surface area contributed by atoms with Gasteiger partial charge in [-0.05, 0) is 75.7 Å². The van der Waals surface area contributed by atoms with E-state index in [2.05, 4.69) is 59.5 Å². The van der Waals surface area contributed by atoms with Crippen molar-refractivity contribution in [1.29, 1.82) is 0 Å². The number of pyridine rings is 1. The topological polar surface area (TPSA) is 57.3 Å². The van der Waals surface area contributed by atoms with Crippen LogP contribution in [-0.2, 0) is 0 Å². The number of hydrogen-bond acceptors (Lipinski definition) is 4. The Hall–Kier alpha value is -3.34. The Morgan fingerprint density at radius 2 is 1.79 bits per heavy atom. The molecule has 0 saturated heterocycles. The van der Waals surface area contributed by atoms with Crippen LogP contribution < -0.4 is 15.5 Å². The maximum Gasteiger partial charge on any atom is 0.255 e. The summed E-state index contributed by atoms with van der Waals surface area (Å²) in [5.41, 5.74) is 5.75. The summed E-state index contributed by atoms with van der Waals surface area (Å²) >= 11 is 0. The summed E-state index contributed by atoms with van der Waals surface area (Å²) in [5.74, 6) is 0.594. The average Bonchev–Trinajstić information content (AvgIpc) is 2.72. The number of amides is 1. The molecule has 2 N–H and O–H groups in total. The number of carbonyl (C=O) groups is 1. The minimum absolute atomic E-state index is 0.140. The smallest absolute Gasteiger partial charge is 0.255 e. The summed E-state index contributed by atoms with van der Waals surface area (Å²) in [6, 6.07) is 17.6. The molecule has 150 valence electrons. The number of anilines is 4. The van der Waals surface area contributed by atoms with Crippen LogP contribution in [0, 0.1) is 13.8 Å². The normalized spacial score (nSPS) is 10.5. The molecular formula is C24H28N4O. The predicted octanol–water partition coefficient (Wildman–Crippen LogP) is 5.54. The van der Waals surface area contributed by atoms with Crippen LogP contribution in [0.2, 0.25) is 0 Å². The Labute approximate surface area is 172 Å². The molecule has 2 aromatic carbocycles. The number of rotatable bonds is 7. The number of nitrogens with one attached hydrogen (secondary N) is 2. The number of hydrogen-bond donors (Lipinski definition) is 2. The summed E-state index contributed by atoms with van der Waals surface area (Å²) in [6.45, 7) is 10.4. The Morgan fingerprint density at radius 3 is 2.41 bits per heavy atom. The first-order valence-electron chi connectivity index (χ1n) is 9.96. The zero-order valence-electron chi connectivity index (χ0n) is 17.5. The minimum atomic E-state index is -0.140. The zero-order chi connectivity index (χ0) is 20.8. The van der Waals surface area contributed by atoms with Crippen molar-refractivity contribution in [1.82, 2.24) is 4.98 Å². The third-order valence-corrected chi connectivity index (χ3v) is 4.90. The molecule has 3 rings (SSSR count). The number of benzene rings is 2. The zero-order valence-corrected chi connectivity index (χ0v) is 17.5. The first-order valence-corrected chi connectivity index (χ1v) is 9.96. The lowest BCUT2D eigenvalue weighted by Crippen LogP contribution is -2.21. The van der Waals surface area contributed by atoms with Gasteiger partial charge in [0.15, 0.2) is 0 Å². The highest BCUT2D eigenvalue weighted by atomic mass is 16.1. The number of aromatic nitrogens is 1. The Morgan fingerprint density at radius 1 is 1.00 bits per heavy atom. The highest BCUT2D eigenvalue weighted by Crippen LogP contribution is 2.25. The van der Waals surface area contributed by atoms with Crippen LogP contribution in [0.3, 0.4) is 0 Å². The highest BCUT2D eigenvalue weighted by molar-refractivity contribution is 6.04. The van der Waals surface area contributed by atoms with Gasteiger partial charge < -0.3 is 15.5 Å². The first kappa shape index (κ1) is 20.4. The van der Waals surface area contributed by atoms with Gasteiger partial charge in [0.2, 0.25) is 0 Å². The van der Waals surface area contributed by atoms with E-state index < -0.39 is 0 Å². The van der Waals surface area contributed by atoms with Gasteiger partial charge in [-0.15, -0.1) is 0 Å². The molecule has 29 heavy (non-hydrogen) atoms. The lowest BCUT2D eigenvalue weighted by molar-refractivity contribution is 0.102. The molecule has 1 aromatic heterocycles. The van der Waals surface area contributed by atoms with E-state index in [4.69, 9.17) is 0 Å². The predicted molar refractivity (Wildman–Crippen MR) is 121 cm³/mol. The van der Waals surface area contributed by atoms with Crippen molar-refractivity contribution in [2.75, 3.05) is 28.6 Å². The largest absolute Gasteiger partial charge is 0.372 e. The van der Waals surface area contributed by atoms with Crippen molar-refractivity contribution in [3.8, 4) is 0 Å². The van der Waals surface area contributed by atoms with Crippen LogP contribution in [0.1, 0.15) is 35.3 Å². The quantitative estimate of drug-likeness (QED) is 0.558. The fourth-order valence-electron chi connectivity index (χ4n) is 3.24. The van der Waals surface area contributed by atoms with E-state index in [-0.39, 0.29) is 5.91 Å². The van der Waals surface area contributed by atoms with Crippen molar-refractivity contribution in [2.24, 2.45) is 0 Å². The van der Waals surface area contributed by atoms with E-state index in [1.807, 2.05) is 37.3 Å². The fraction of sp³-hybridized carbons (Fsp3) is 0.250. The lowest BCUT2D eigenvalue weighted by atomic mass is 10.1. The van der Waals surface area contributed by atoms with Crippen molar-refractivity contribution in [3.63, 3.8) is 0 Å². The molecule has 5 heteroatoms. The van der Waals surface area contributed by atoms with Gasteiger partial charge >= 0.3 is 0 Å². The molecule has 0 fully saturated rings. The molecule has 0 aliphatic carbocycles. The van der Waals surface area contributed by atoms with Crippen molar-refractivity contribution in [2.45, 2.75) is 27.7 Å². The molecule has 3 aromatic rings. The summed E-state index contributed by atoms with van der Waals surface area (Å²) in [4.78, 5) is 19.1. The van der Waals surface area contributed by atoms with Crippen LogP contribution in [-0.4, -0.2) is 24.0 Å².